The Morgan fingerprint density at radius 1 is 0.586 bits per heavy atom. The molecule has 0 aromatic heterocycles. The zero-order valence-corrected chi connectivity index (χ0v) is 19.2. The van der Waals surface area contributed by atoms with Crippen LogP contribution < -0.4 is 0 Å². The predicted octanol–water partition coefficient (Wildman–Crippen LogP) is 7.30. The van der Waals surface area contributed by atoms with E-state index in [1.807, 2.05) is 0 Å². The van der Waals surface area contributed by atoms with Crippen LogP contribution in [0.4, 0.5) is 0 Å². The fourth-order valence-electron chi connectivity index (χ4n) is 3.16. The number of esters is 2. The van der Waals surface area contributed by atoms with Gasteiger partial charge in [-0.3, -0.25) is 9.59 Å². The molecule has 0 rings (SSSR count). The van der Waals surface area contributed by atoms with Crippen molar-refractivity contribution < 1.29 is 19.1 Å². The molecule has 0 amide bonds. The van der Waals surface area contributed by atoms with Crippen molar-refractivity contribution in [2.45, 2.75) is 123 Å². The van der Waals surface area contributed by atoms with E-state index in [9.17, 15) is 9.59 Å². The van der Waals surface area contributed by atoms with Crippen molar-refractivity contribution in [3.05, 3.63) is 12.2 Å². The number of unbranched alkanes of at least 4 members (excludes halogenated alkanes) is 11. The van der Waals surface area contributed by atoms with Gasteiger partial charge in [0.05, 0.1) is 13.2 Å². The fraction of sp³-hybridized carbons (Fsp3) is 0.840. The smallest absolute Gasteiger partial charge is 0.305 e. The Balaban J connectivity index is 3.28. The molecule has 0 radical (unpaired) electrons. The van der Waals surface area contributed by atoms with Crippen molar-refractivity contribution in [3.63, 3.8) is 0 Å². The zero-order chi connectivity index (χ0) is 21.4. The summed E-state index contributed by atoms with van der Waals surface area (Å²) in [4.78, 5) is 23.3. The molecule has 0 unspecified atom stereocenters. The highest BCUT2D eigenvalue weighted by Gasteiger charge is 2.04. The summed E-state index contributed by atoms with van der Waals surface area (Å²) in [6, 6.07) is 0. The summed E-state index contributed by atoms with van der Waals surface area (Å²) in [6.07, 6.45) is 21.8. The van der Waals surface area contributed by atoms with Gasteiger partial charge in [-0.2, -0.15) is 0 Å². The summed E-state index contributed by atoms with van der Waals surface area (Å²) in [5.74, 6) is -0.133. The average molecular weight is 411 g/mol. The number of allylic oxidation sites excluding steroid dienone is 1. The topological polar surface area (TPSA) is 52.6 Å². The van der Waals surface area contributed by atoms with Gasteiger partial charge in [-0.05, 0) is 32.1 Å². The summed E-state index contributed by atoms with van der Waals surface area (Å²) in [6.45, 7) is 5.39. The second kappa shape index (κ2) is 23.0. The second-order valence-corrected chi connectivity index (χ2v) is 7.85. The van der Waals surface area contributed by atoms with Crippen molar-refractivity contribution in [1.29, 1.82) is 0 Å². The number of hydrogen-bond acceptors (Lipinski definition) is 4. The minimum atomic E-state index is -0.0846. The Morgan fingerprint density at radius 2 is 1.07 bits per heavy atom. The summed E-state index contributed by atoms with van der Waals surface area (Å²) in [5, 5.41) is 0. The lowest BCUT2D eigenvalue weighted by Gasteiger charge is -2.05. The van der Waals surface area contributed by atoms with Gasteiger partial charge in [0.2, 0.25) is 0 Å². The van der Waals surface area contributed by atoms with E-state index in [1.165, 1.54) is 38.5 Å². The lowest BCUT2D eigenvalue weighted by atomic mass is 10.1. The lowest BCUT2D eigenvalue weighted by Crippen LogP contribution is -2.05. The monoisotopic (exact) mass is 410 g/mol. The van der Waals surface area contributed by atoms with Crippen LogP contribution in [0.15, 0.2) is 12.2 Å². The molecule has 0 spiro atoms. The summed E-state index contributed by atoms with van der Waals surface area (Å²) in [5.41, 5.74) is 0. The van der Waals surface area contributed by atoms with Gasteiger partial charge >= 0.3 is 11.9 Å². The average Bonchev–Trinajstić information content (AvgIpc) is 2.71. The summed E-state index contributed by atoms with van der Waals surface area (Å²) in [7, 11) is 0. The molecule has 0 saturated heterocycles. The Morgan fingerprint density at radius 3 is 1.62 bits per heavy atom. The molecule has 0 aromatic carbocycles. The first-order chi connectivity index (χ1) is 14.2. The molecule has 0 aliphatic rings. The second-order valence-electron chi connectivity index (χ2n) is 7.85. The van der Waals surface area contributed by atoms with Gasteiger partial charge in [0.15, 0.2) is 0 Å². The maximum absolute atomic E-state index is 11.7. The molecule has 0 atom stereocenters. The number of hydrogen-bond donors (Lipinski definition) is 0. The third-order valence-corrected chi connectivity index (χ3v) is 4.97. The third-order valence-electron chi connectivity index (χ3n) is 4.97. The number of ether oxygens (including phenoxy) is 2. The molecule has 170 valence electrons. The molecule has 29 heavy (non-hydrogen) atoms. The molecule has 0 aliphatic heterocycles. The fourth-order valence-corrected chi connectivity index (χ4v) is 3.16. The van der Waals surface area contributed by atoms with Crippen LogP contribution in [0.3, 0.4) is 0 Å². The highest BCUT2D eigenvalue weighted by molar-refractivity contribution is 5.69. The van der Waals surface area contributed by atoms with E-state index in [0.29, 0.717) is 26.1 Å². The van der Waals surface area contributed by atoms with Gasteiger partial charge in [-0.1, -0.05) is 90.2 Å². The highest BCUT2D eigenvalue weighted by atomic mass is 16.5. The van der Waals surface area contributed by atoms with E-state index in [2.05, 4.69) is 26.0 Å². The van der Waals surface area contributed by atoms with Crippen LogP contribution in [-0.2, 0) is 19.1 Å². The summed E-state index contributed by atoms with van der Waals surface area (Å²) < 4.78 is 10.5. The number of rotatable bonds is 21. The maximum Gasteiger partial charge on any atom is 0.305 e. The number of carbonyl (C=O) groups excluding carboxylic acids is 2. The quantitative estimate of drug-likeness (QED) is 0.113. The molecule has 0 heterocycles. The van der Waals surface area contributed by atoms with Crippen molar-refractivity contribution >= 4 is 11.9 Å². The largest absolute Gasteiger partial charge is 0.466 e. The molecular formula is C25H46O4. The molecule has 0 fully saturated rings. The molecular weight excluding hydrogens is 364 g/mol. The first-order valence-corrected chi connectivity index (χ1v) is 12.2. The van der Waals surface area contributed by atoms with Crippen LogP contribution in [0.25, 0.3) is 0 Å². The Labute approximate surface area is 179 Å². The van der Waals surface area contributed by atoms with Gasteiger partial charge in [0.25, 0.3) is 0 Å². The maximum atomic E-state index is 11.7. The molecule has 0 aliphatic carbocycles. The van der Waals surface area contributed by atoms with Gasteiger partial charge < -0.3 is 9.47 Å². The molecule has 0 aromatic rings. The SMILES string of the molecule is CC/C=C/CCOC(=O)CCCCCCCCC(=O)OCCCCCCCCC. The predicted molar refractivity (Wildman–Crippen MR) is 121 cm³/mol. The Kier molecular flexibility index (Phi) is 21.9. The third kappa shape index (κ3) is 22.8. The summed E-state index contributed by atoms with van der Waals surface area (Å²) >= 11 is 0. The van der Waals surface area contributed by atoms with Gasteiger partial charge in [0.1, 0.15) is 0 Å². The van der Waals surface area contributed by atoms with Crippen LogP contribution in [0.5, 0.6) is 0 Å². The standard InChI is InChI=1S/C25H46O4/c1-3-5-7-9-12-15-19-23-29-25(27)21-17-14-11-10-13-16-20-24(26)28-22-18-8-6-4-2/h6,8H,3-5,7,9-23H2,1-2H3/b8-6+. The van der Waals surface area contributed by atoms with E-state index in [4.69, 9.17) is 9.47 Å². The first-order valence-electron chi connectivity index (χ1n) is 12.2. The van der Waals surface area contributed by atoms with E-state index < -0.39 is 0 Å². The van der Waals surface area contributed by atoms with Crippen LogP contribution in [0, 0.1) is 0 Å². The normalized spacial score (nSPS) is 11.1. The Bertz CT molecular complexity index is 404. The van der Waals surface area contributed by atoms with Crippen LogP contribution in [0.2, 0.25) is 0 Å². The van der Waals surface area contributed by atoms with E-state index in [1.54, 1.807) is 0 Å². The zero-order valence-electron chi connectivity index (χ0n) is 19.2. The minimum Gasteiger partial charge on any atom is -0.466 e. The number of carbonyl (C=O) groups is 2. The molecule has 0 bridgehead atoms. The van der Waals surface area contributed by atoms with Crippen LogP contribution >= 0.6 is 0 Å². The van der Waals surface area contributed by atoms with Crippen molar-refractivity contribution in [3.8, 4) is 0 Å². The van der Waals surface area contributed by atoms with Crippen LogP contribution in [0.1, 0.15) is 123 Å². The minimum absolute atomic E-state index is 0.0486. The molecule has 4 heteroatoms. The van der Waals surface area contributed by atoms with E-state index >= 15 is 0 Å². The lowest BCUT2D eigenvalue weighted by molar-refractivity contribution is -0.144. The first kappa shape index (κ1) is 27.7. The Hall–Kier alpha value is -1.32. The van der Waals surface area contributed by atoms with Gasteiger partial charge in [-0.15, -0.1) is 0 Å². The molecule has 4 nitrogen and oxygen atoms in total. The highest BCUT2D eigenvalue weighted by Crippen LogP contribution is 2.10. The molecule has 0 saturated carbocycles. The van der Waals surface area contributed by atoms with Gasteiger partial charge in [0, 0.05) is 12.8 Å². The van der Waals surface area contributed by atoms with Gasteiger partial charge in [-0.25, -0.2) is 0 Å². The van der Waals surface area contributed by atoms with Crippen molar-refractivity contribution in [1.82, 2.24) is 0 Å². The van der Waals surface area contributed by atoms with E-state index in [0.717, 1.165) is 57.8 Å². The van der Waals surface area contributed by atoms with Crippen molar-refractivity contribution in [2.24, 2.45) is 0 Å². The van der Waals surface area contributed by atoms with E-state index in [-0.39, 0.29) is 11.9 Å². The molecule has 0 N–H and O–H groups in total. The van der Waals surface area contributed by atoms with Crippen LogP contribution in [-0.4, -0.2) is 25.2 Å². The van der Waals surface area contributed by atoms with Crippen molar-refractivity contribution in [2.75, 3.05) is 13.2 Å².